The van der Waals surface area contributed by atoms with Crippen molar-refractivity contribution in [1.29, 1.82) is 0 Å². The van der Waals surface area contributed by atoms with Crippen LogP contribution in [0.4, 0.5) is 14.9 Å². The molecule has 0 radical (unpaired) electrons. The summed E-state index contributed by atoms with van der Waals surface area (Å²) in [7, 11) is 0. The highest BCUT2D eigenvalue weighted by molar-refractivity contribution is 5.98. The van der Waals surface area contributed by atoms with E-state index in [0.29, 0.717) is 57.5 Å². The summed E-state index contributed by atoms with van der Waals surface area (Å²) in [6.45, 7) is 2.52. The van der Waals surface area contributed by atoms with E-state index >= 15 is 0 Å². The Morgan fingerprint density at radius 1 is 0.950 bits per heavy atom. The summed E-state index contributed by atoms with van der Waals surface area (Å²) in [4.78, 5) is 39.4. The van der Waals surface area contributed by atoms with Crippen molar-refractivity contribution in [3.63, 3.8) is 0 Å². The van der Waals surface area contributed by atoms with Crippen LogP contribution in [-0.2, 0) is 27.4 Å². The Morgan fingerprint density at radius 2 is 1.70 bits per heavy atom. The molecule has 1 saturated heterocycles. The molecule has 2 aromatic carbocycles. The van der Waals surface area contributed by atoms with Crippen LogP contribution in [0.3, 0.4) is 0 Å². The minimum absolute atomic E-state index is 0.246. The van der Waals surface area contributed by atoms with Gasteiger partial charge in [-0.15, -0.1) is 0 Å². The van der Waals surface area contributed by atoms with Gasteiger partial charge in [-0.05, 0) is 48.9 Å². The summed E-state index contributed by atoms with van der Waals surface area (Å²) in [6, 6.07) is 14.7. The lowest BCUT2D eigenvalue weighted by Crippen LogP contribution is -2.41. The molecule has 1 unspecified atom stereocenters. The molecule has 3 amide bonds. The normalized spacial score (nSPS) is 19.2. The number of rotatable bonds is 5. The van der Waals surface area contributed by atoms with Crippen molar-refractivity contribution in [3.8, 4) is 11.8 Å². The Labute approximate surface area is 233 Å². The van der Waals surface area contributed by atoms with Crippen LogP contribution in [-0.4, -0.2) is 49.0 Å². The molecule has 5 rings (SSSR count). The first-order chi connectivity index (χ1) is 19.4. The van der Waals surface area contributed by atoms with Gasteiger partial charge in [0, 0.05) is 49.7 Å². The van der Waals surface area contributed by atoms with E-state index in [1.54, 1.807) is 11.0 Å². The minimum Gasteiger partial charge on any atom is -0.445 e. The third kappa shape index (κ3) is 6.97. The lowest BCUT2D eigenvalue weighted by atomic mass is 9.91. The van der Waals surface area contributed by atoms with Gasteiger partial charge in [-0.3, -0.25) is 14.9 Å². The molecule has 8 heteroatoms. The molecule has 7 nitrogen and oxygen atoms in total. The van der Waals surface area contributed by atoms with Gasteiger partial charge in [0.2, 0.25) is 11.8 Å². The van der Waals surface area contributed by atoms with E-state index in [0.717, 1.165) is 28.7 Å². The fraction of sp³-hybridized carbons (Fsp3) is 0.344. The SMILES string of the molecule is O=C1CCC(Cc2ccc(N3CC=C(C#CC4=CCN(C(=O)OCc5ccccc5)CC4)CC3)c(F)c2)C(=O)N1. The summed E-state index contributed by atoms with van der Waals surface area (Å²) in [5, 5.41) is 2.36. The topological polar surface area (TPSA) is 79.0 Å². The number of ether oxygens (including phenoxy) is 1. The van der Waals surface area contributed by atoms with Gasteiger partial charge < -0.3 is 14.5 Å². The number of hydrogen-bond donors (Lipinski definition) is 1. The number of amides is 3. The van der Waals surface area contributed by atoms with Crippen molar-refractivity contribution in [2.75, 3.05) is 31.1 Å². The maximum Gasteiger partial charge on any atom is 0.410 e. The summed E-state index contributed by atoms with van der Waals surface area (Å²) in [6.07, 6.45) is 6.31. The molecule has 0 bridgehead atoms. The van der Waals surface area contributed by atoms with Crippen molar-refractivity contribution in [1.82, 2.24) is 10.2 Å². The zero-order chi connectivity index (χ0) is 27.9. The van der Waals surface area contributed by atoms with E-state index in [-0.39, 0.29) is 36.2 Å². The molecule has 3 aliphatic rings. The summed E-state index contributed by atoms with van der Waals surface area (Å²) in [5.41, 5.74) is 4.27. The molecule has 1 atom stereocenters. The molecule has 206 valence electrons. The highest BCUT2D eigenvalue weighted by Crippen LogP contribution is 2.26. The van der Waals surface area contributed by atoms with Gasteiger partial charge in [-0.2, -0.15) is 0 Å². The molecule has 40 heavy (non-hydrogen) atoms. The van der Waals surface area contributed by atoms with E-state index in [1.807, 2.05) is 53.5 Å². The van der Waals surface area contributed by atoms with Gasteiger partial charge in [0.15, 0.2) is 0 Å². The van der Waals surface area contributed by atoms with E-state index in [2.05, 4.69) is 17.2 Å². The Kier molecular flexibility index (Phi) is 8.60. The van der Waals surface area contributed by atoms with Crippen LogP contribution in [0.1, 0.15) is 36.8 Å². The van der Waals surface area contributed by atoms with Crippen LogP contribution in [0.25, 0.3) is 0 Å². The van der Waals surface area contributed by atoms with Crippen LogP contribution in [0.2, 0.25) is 0 Å². The number of halogens is 1. The predicted octanol–water partition coefficient (Wildman–Crippen LogP) is 4.53. The number of hydrogen-bond acceptors (Lipinski definition) is 5. The Balaban J connectivity index is 1.10. The van der Waals surface area contributed by atoms with Gasteiger partial charge in [-0.1, -0.05) is 60.4 Å². The van der Waals surface area contributed by atoms with Crippen LogP contribution < -0.4 is 10.2 Å². The smallest absolute Gasteiger partial charge is 0.410 e. The Morgan fingerprint density at radius 3 is 2.35 bits per heavy atom. The van der Waals surface area contributed by atoms with E-state index < -0.39 is 0 Å². The lowest BCUT2D eigenvalue weighted by molar-refractivity contribution is -0.136. The number of benzene rings is 2. The number of piperidine rings is 1. The Bertz CT molecular complexity index is 1410. The van der Waals surface area contributed by atoms with Crippen LogP contribution in [0.15, 0.2) is 71.8 Å². The van der Waals surface area contributed by atoms with Crippen molar-refractivity contribution < 1.29 is 23.5 Å². The third-order valence-electron chi connectivity index (χ3n) is 7.45. The van der Waals surface area contributed by atoms with Gasteiger partial charge in [-0.25, -0.2) is 9.18 Å². The number of anilines is 1. The molecular weight excluding hydrogens is 509 g/mol. The largest absolute Gasteiger partial charge is 0.445 e. The molecule has 1 N–H and O–H groups in total. The maximum atomic E-state index is 15.0. The second-order valence-electron chi connectivity index (χ2n) is 10.3. The quantitative estimate of drug-likeness (QED) is 0.445. The monoisotopic (exact) mass is 541 g/mol. The Hall–Kier alpha value is -4.38. The first kappa shape index (κ1) is 27.2. The molecule has 3 heterocycles. The van der Waals surface area contributed by atoms with Gasteiger partial charge >= 0.3 is 6.09 Å². The molecule has 0 spiro atoms. The van der Waals surface area contributed by atoms with E-state index in [9.17, 15) is 18.8 Å². The molecule has 0 aromatic heterocycles. The van der Waals surface area contributed by atoms with Crippen molar-refractivity contribution in [3.05, 3.63) is 88.8 Å². The van der Waals surface area contributed by atoms with Crippen molar-refractivity contribution in [2.24, 2.45) is 5.92 Å². The van der Waals surface area contributed by atoms with Gasteiger partial charge in [0.1, 0.15) is 12.4 Å². The number of carbonyl (C=O) groups is 3. The minimum atomic E-state index is -0.321. The van der Waals surface area contributed by atoms with E-state index in [1.165, 1.54) is 6.07 Å². The number of nitrogens with zero attached hydrogens (tertiary/aromatic N) is 2. The second-order valence-corrected chi connectivity index (χ2v) is 10.3. The molecule has 1 fully saturated rings. The lowest BCUT2D eigenvalue weighted by Gasteiger charge is -2.28. The number of carbonyl (C=O) groups excluding carboxylic acids is 3. The highest BCUT2D eigenvalue weighted by Gasteiger charge is 2.27. The van der Waals surface area contributed by atoms with E-state index in [4.69, 9.17) is 4.74 Å². The standard InChI is InChI=1S/C32H32FN3O4/c33-28-21-26(20-27-9-11-30(37)34-31(27)38)8-10-29(28)35-16-12-23(13-17-35)6-7-24-14-18-36(19-15-24)32(39)40-22-25-4-2-1-3-5-25/h1-5,8,10,12,14,21,27H,9,11,13,15-20,22H2,(H,34,37,38). The summed E-state index contributed by atoms with van der Waals surface area (Å²) >= 11 is 0. The molecule has 2 aromatic rings. The second kappa shape index (κ2) is 12.6. The number of imide groups is 1. The molecule has 0 saturated carbocycles. The van der Waals surface area contributed by atoms with Gasteiger partial charge in [0.05, 0.1) is 5.69 Å². The number of nitrogens with one attached hydrogen (secondary N) is 1. The summed E-state index contributed by atoms with van der Waals surface area (Å²) < 4.78 is 20.4. The van der Waals surface area contributed by atoms with Crippen LogP contribution in [0, 0.1) is 23.6 Å². The first-order valence-corrected chi connectivity index (χ1v) is 13.7. The fourth-order valence-electron chi connectivity index (χ4n) is 5.07. The molecule has 3 aliphatic heterocycles. The zero-order valence-electron chi connectivity index (χ0n) is 22.3. The van der Waals surface area contributed by atoms with Crippen molar-refractivity contribution >= 4 is 23.6 Å². The van der Waals surface area contributed by atoms with Crippen LogP contribution >= 0.6 is 0 Å². The van der Waals surface area contributed by atoms with Gasteiger partial charge in [0.25, 0.3) is 0 Å². The zero-order valence-corrected chi connectivity index (χ0v) is 22.3. The third-order valence-corrected chi connectivity index (χ3v) is 7.45. The fourth-order valence-corrected chi connectivity index (χ4v) is 5.07. The van der Waals surface area contributed by atoms with Crippen molar-refractivity contribution in [2.45, 2.75) is 38.7 Å². The maximum absolute atomic E-state index is 15.0. The molecule has 0 aliphatic carbocycles. The molecular formula is C32H32FN3O4. The highest BCUT2D eigenvalue weighted by atomic mass is 19.1. The average molecular weight is 542 g/mol. The van der Waals surface area contributed by atoms with Crippen LogP contribution in [0.5, 0.6) is 0 Å². The predicted molar refractivity (Wildman–Crippen MR) is 150 cm³/mol. The first-order valence-electron chi connectivity index (χ1n) is 13.7. The average Bonchev–Trinajstić information content (AvgIpc) is 2.97. The summed E-state index contributed by atoms with van der Waals surface area (Å²) in [5.74, 6) is 5.35.